The third kappa shape index (κ3) is 6.71. The van der Waals surface area contributed by atoms with Crippen LogP contribution in [0.4, 0.5) is 4.79 Å². The fourth-order valence-corrected chi connectivity index (χ4v) is 3.45. The monoisotopic (exact) mass is 390 g/mol. The highest BCUT2D eigenvalue weighted by Gasteiger charge is 2.21. The lowest BCUT2D eigenvalue weighted by molar-refractivity contribution is -0.132. The molecule has 1 heterocycles. The summed E-state index contributed by atoms with van der Waals surface area (Å²) in [6, 6.07) is 7.86. The Morgan fingerprint density at radius 1 is 1.14 bits per heavy atom. The number of ether oxygens (including phenoxy) is 1. The zero-order valence-electron chi connectivity index (χ0n) is 17.4. The van der Waals surface area contributed by atoms with Crippen molar-refractivity contribution in [3.8, 4) is 5.75 Å². The van der Waals surface area contributed by atoms with Crippen LogP contribution >= 0.6 is 0 Å². The van der Waals surface area contributed by atoms with Crippen LogP contribution in [-0.4, -0.2) is 86.1 Å². The molecule has 0 aliphatic carbocycles. The van der Waals surface area contributed by atoms with Crippen LogP contribution in [0.3, 0.4) is 0 Å². The van der Waals surface area contributed by atoms with Crippen molar-refractivity contribution in [2.45, 2.75) is 26.7 Å². The van der Waals surface area contributed by atoms with Crippen molar-refractivity contribution in [3.05, 3.63) is 29.8 Å². The summed E-state index contributed by atoms with van der Waals surface area (Å²) in [6.07, 6.45) is 1.65. The first-order valence-corrected chi connectivity index (χ1v) is 10.2. The first kappa shape index (κ1) is 22.0. The zero-order chi connectivity index (χ0) is 20.4. The fourth-order valence-electron chi connectivity index (χ4n) is 3.45. The lowest BCUT2D eigenvalue weighted by Crippen LogP contribution is -2.44. The molecule has 3 amide bonds. The summed E-state index contributed by atoms with van der Waals surface area (Å²) in [5.74, 6) is 0.997. The molecule has 1 N–H and O–H groups in total. The van der Waals surface area contributed by atoms with Gasteiger partial charge in [0.2, 0.25) is 5.91 Å². The van der Waals surface area contributed by atoms with Gasteiger partial charge in [0.05, 0.1) is 13.7 Å². The lowest BCUT2D eigenvalue weighted by Gasteiger charge is -2.25. The predicted molar refractivity (Wildman–Crippen MR) is 111 cm³/mol. The largest absolute Gasteiger partial charge is 0.497 e. The summed E-state index contributed by atoms with van der Waals surface area (Å²) >= 11 is 0. The van der Waals surface area contributed by atoms with Gasteiger partial charge in [-0.25, -0.2) is 4.79 Å². The van der Waals surface area contributed by atoms with E-state index in [1.165, 1.54) is 0 Å². The highest BCUT2D eigenvalue weighted by atomic mass is 16.5. The highest BCUT2D eigenvalue weighted by molar-refractivity contribution is 5.78. The minimum absolute atomic E-state index is 0.0279. The topological polar surface area (TPSA) is 65.1 Å². The summed E-state index contributed by atoms with van der Waals surface area (Å²) < 4.78 is 5.23. The Labute approximate surface area is 168 Å². The third-order valence-corrected chi connectivity index (χ3v) is 5.17. The van der Waals surface area contributed by atoms with Crippen LogP contribution in [0, 0.1) is 0 Å². The number of likely N-dealkylation sites (N-methyl/N-ethyl adjacent to an activating group) is 1. The maximum Gasteiger partial charge on any atom is 0.317 e. The van der Waals surface area contributed by atoms with Crippen LogP contribution in [0.1, 0.15) is 25.8 Å². The molecule has 7 heteroatoms. The molecule has 1 aromatic carbocycles. The number of carbonyl (C=O) groups excluding carboxylic acids is 2. The van der Waals surface area contributed by atoms with Crippen molar-refractivity contribution in [3.63, 3.8) is 0 Å². The van der Waals surface area contributed by atoms with Gasteiger partial charge in [0.15, 0.2) is 0 Å². The molecule has 0 saturated carbocycles. The number of hydrogen-bond acceptors (Lipinski definition) is 4. The number of urea groups is 1. The van der Waals surface area contributed by atoms with Gasteiger partial charge in [0.1, 0.15) is 5.75 Å². The van der Waals surface area contributed by atoms with Crippen molar-refractivity contribution in [1.82, 2.24) is 20.0 Å². The van der Waals surface area contributed by atoms with Crippen LogP contribution in [0.25, 0.3) is 0 Å². The van der Waals surface area contributed by atoms with Gasteiger partial charge in [0, 0.05) is 45.8 Å². The minimum atomic E-state index is -0.0279. The van der Waals surface area contributed by atoms with Crippen molar-refractivity contribution in [2.75, 3.05) is 59.5 Å². The van der Waals surface area contributed by atoms with E-state index in [1.54, 1.807) is 7.11 Å². The molecular formula is C21H34N4O3. The molecule has 0 radical (unpaired) electrons. The van der Waals surface area contributed by atoms with Crippen LogP contribution in [0.2, 0.25) is 0 Å². The highest BCUT2D eigenvalue weighted by Crippen LogP contribution is 2.12. The smallest absolute Gasteiger partial charge is 0.317 e. The second kappa shape index (κ2) is 11.5. The quantitative estimate of drug-likeness (QED) is 0.735. The first-order valence-electron chi connectivity index (χ1n) is 10.2. The van der Waals surface area contributed by atoms with Gasteiger partial charge in [0.25, 0.3) is 0 Å². The second-order valence-corrected chi connectivity index (χ2v) is 7.02. The normalized spacial score (nSPS) is 15.0. The second-order valence-electron chi connectivity index (χ2n) is 7.02. The van der Waals surface area contributed by atoms with Gasteiger partial charge in [-0.1, -0.05) is 12.1 Å². The van der Waals surface area contributed by atoms with E-state index in [0.717, 1.165) is 56.9 Å². The maximum absolute atomic E-state index is 12.5. The van der Waals surface area contributed by atoms with Crippen LogP contribution in [0.15, 0.2) is 24.3 Å². The van der Waals surface area contributed by atoms with Crippen molar-refractivity contribution < 1.29 is 14.3 Å². The molecule has 7 nitrogen and oxygen atoms in total. The lowest BCUT2D eigenvalue weighted by atomic mass is 10.1. The number of rotatable bonds is 8. The molecule has 2 rings (SSSR count). The van der Waals surface area contributed by atoms with E-state index in [1.807, 2.05) is 47.9 Å². The molecule has 0 spiro atoms. The van der Waals surface area contributed by atoms with E-state index in [9.17, 15) is 9.59 Å². The fraction of sp³-hybridized carbons (Fsp3) is 0.619. The Morgan fingerprint density at radius 3 is 2.64 bits per heavy atom. The molecule has 0 unspecified atom stereocenters. The third-order valence-electron chi connectivity index (χ3n) is 5.17. The van der Waals surface area contributed by atoms with Gasteiger partial charge < -0.3 is 19.9 Å². The average molecular weight is 391 g/mol. The van der Waals surface area contributed by atoms with Crippen LogP contribution < -0.4 is 10.1 Å². The molecule has 1 aliphatic heterocycles. The molecule has 0 bridgehead atoms. The molecule has 0 atom stereocenters. The van der Waals surface area contributed by atoms with E-state index in [-0.39, 0.29) is 11.9 Å². The Kier molecular flexibility index (Phi) is 9.07. The van der Waals surface area contributed by atoms with Crippen LogP contribution in [-0.2, 0) is 11.2 Å². The van der Waals surface area contributed by atoms with E-state index >= 15 is 0 Å². The van der Waals surface area contributed by atoms with Gasteiger partial charge in [-0.3, -0.25) is 9.69 Å². The van der Waals surface area contributed by atoms with Crippen molar-refractivity contribution >= 4 is 11.9 Å². The summed E-state index contributed by atoms with van der Waals surface area (Å²) in [7, 11) is 1.65. The number of nitrogens with zero attached hydrogens (tertiary/aromatic N) is 3. The number of nitrogens with one attached hydrogen (secondary N) is 1. The summed E-state index contributed by atoms with van der Waals surface area (Å²) in [5, 5.41) is 3.01. The maximum atomic E-state index is 12.5. The minimum Gasteiger partial charge on any atom is -0.497 e. The first-order chi connectivity index (χ1) is 13.6. The van der Waals surface area contributed by atoms with Gasteiger partial charge in [-0.05, 0) is 44.4 Å². The number of hydrogen-bond donors (Lipinski definition) is 1. The predicted octanol–water partition coefficient (Wildman–Crippen LogP) is 1.82. The standard InChI is InChI=1S/C21H34N4O3/c1-4-24(5-2)20(26)17-23-12-7-13-25(15-14-23)21(27)22-11-10-18-8-6-9-19(16-18)28-3/h6,8-9,16H,4-5,7,10-15,17H2,1-3H3,(H,22,27). The number of methoxy groups -OCH3 is 1. The zero-order valence-corrected chi connectivity index (χ0v) is 17.4. The van der Waals surface area contributed by atoms with E-state index in [0.29, 0.717) is 19.6 Å². The summed E-state index contributed by atoms with van der Waals surface area (Å²) in [4.78, 5) is 30.7. The van der Waals surface area contributed by atoms with Gasteiger partial charge in [-0.2, -0.15) is 0 Å². The summed E-state index contributed by atoms with van der Waals surface area (Å²) in [6.45, 7) is 9.47. The van der Waals surface area contributed by atoms with Crippen molar-refractivity contribution in [2.24, 2.45) is 0 Å². The Balaban J connectivity index is 1.75. The average Bonchev–Trinajstić information content (AvgIpc) is 2.94. The van der Waals surface area contributed by atoms with E-state index < -0.39 is 0 Å². The molecule has 0 aromatic heterocycles. The molecule has 1 aliphatic rings. The number of carbonyl (C=O) groups is 2. The molecule has 28 heavy (non-hydrogen) atoms. The van der Waals surface area contributed by atoms with Crippen molar-refractivity contribution in [1.29, 1.82) is 0 Å². The Morgan fingerprint density at radius 2 is 1.93 bits per heavy atom. The SMILES string of the molecule is CCN(CC)C(=O)CN1CCCN(C(=O)NCCc2cccc(OC)c2)CC1. The van der Waals surface area contributed by atoms with Gasteiger partial charge >= 0.3 is 6.03 Å². The molecule has 156 valence electrons. The number of benzene rings is 1. The Bertz CT molecular complexity index is 634. The number of amides is 3. The van der Waals surface area contributed by atoms with E-state index in [2.05, 4.69) is 10.2 Å². The molecule has 1 fully saturated rings. The summed E-state index contributed by atoms with van der Waals surface area (Å²) in [5.41, 5.74) is 1.14. The van der Waals surface area contributed by atoms with Gasteiger partial charge in [-0.15, -0.1) is 0 Å². The molecular weight excluding hydrogens is 356 g/mol. The Hall–Kier alpha value is -2.28. The molecule has 1 aromatic rings. The molecule has 1 saturated heterocycles. The van der Waals surface area contributed by atoms with Crippen LogP contribution in [0.5, 0.6) is 5.75 Å². The van der Waals surface area contributed by atoms with E-state index in [4.69, 9.17) is 4.74 Å².